The molecule has 13 nitrogen and oxygen atoms in total. The Labute approximate surface area is 225 Å². The van der Waals surface area contributed by atoms with E-state index in [1.165, 1.54) is 46.9 Å². The molecule has 1 saturated heterocycles. The van der Waals surface area contributed by atoms with E-state index in [2.05, 4.69) is 30.6 Å². The first-order valence-corrected chi connectivity index (χ1v) is 14.3. The third-order valence-corrected chi connectivity index (χ3v) is 9.12. The number of β-lactam (4-membered cyclic amide) rings is 1. The number of nitrogens with two attached hydrogens (primary N) is 1. The molecular formula is C20H18N8O5S4. The van der Waals surface area contributed by atoms with Gasteiger partial charge in [-0.3, -0.25) is 19.6 Å². The molecule has 0 aliphatic carbocycles. The SMILES string of the molecule is CON=C(C(=O)NC1C(=O)N2C(C(=O)O)=C(CSc3n[nH]c(-c4cccs4)n3)CS[C@@H]12)c1csc(N)n1. The number of carbonyl (C=O) groups excluding carboxylic acids is 2. The molecule has 0 bridgehead atoms. The standard InChI is InChI=1S/C20H18N8O5S4/c1-33-27-11(9-7-36-19(21)22-9)15(29)23-12-16(30)28-13(18(31)32)8(5-35-17(12)28)6-37-20-24-14(25-26-20)10-3-2-4-34-10/h2-4,7,12,17H,5-6H2,1H3,(H2,21,22)(H,23,29)(H,31,32)(H,24,25,26)/t12?,17-/m0/s1. The maximum atomic E-state index is 13.0. The summed E-state index contributed by atoms with van der Waals surface area (Å²) >= 11 is 5.30. The molecule has 5 rings (SSSR count). The van der Waals surface area contributed by atoms with E-state index in [9.17, 15) is 19.5 Å². The zero-order chi connectivity index (χ0) is 26.1. The molecule has 3 aromatic rings. The third-order valence-electron chi connectivity index (χ3n) is 5.29. The maximum Gasteiger partial charge on any atom is 0.352 e. The van der Waals surface area contributed by atoms with Gasteiger partial charge in [0.2, 0.25) is 5.16 Å². The number of fused-ring (bicyclic) bond motifs is 1. The van der Waals surface area contributed by atoms with Crippen LogP contribution in [0.3, 0.4) is 0 Å². The molecule has 0 radical (unpaired) electrons. The quantitative estimate of drug-likeness (QED) is 0.124. The molecule has 192 valence electrons. The second-order valence-corrected chi connectivity index (χ2v) is 11.4. The number of aliphatic carboxylic acids is 1. The predicted molar refractivity (Wildman–Crippen MR) is 140 cm³/mol. The summed E-state index contributed by atoms with van der Waals surface area (Å²) in [6.07, 6.45) is 0. The van der Waals surface area contributed by atoms with E-state index in [1.807, 2.05) is 17.5 Å². The molecule has 2 amide bonds. The highest BCUT2D eigenvalue weighted by molar-refractivity contribution is 8.01. The smallest absolute Gasteiger partial charge is 0.352 e. The summed E-state index contributed by atoms with van der Waals surface area (Å²) in [5.41, 5.74) is 6.20. The molecular weight excluding hydrogens is 561 g/mol. The Kier molecular flexibility index (Phi) is 7.18. The van der Waals surface area contributed by atoms with Gasteiger partial charge in [-0.25, -0.2) is 14.8 Å². The van der Waals surface area contributed by atoms with E-state index in [1.54, 1.807) is 5.38 Å². The monoisotopic (exact) mass is 578 g/mol. The van der Waals surface area contributed by atoms with Gasteiger partial charge < -0.3 is 21.0 Å². The number of thiazole rings is 1. The Balaban J connectivity index is 1.28. The van der Waals surface area contributed by atoms with E-state index in [0.29, 0.717) is 28.1 Å². The first-order valence-electron chi connectivity index (χ1n) is 10.5. The lowest BCUT2D eigenvalue weighted by Crippen LogP contribution is -2.71. The zero-order valence-corrected chi connectivity index (χ0v) is 22.2. The highest BCUT2D eigenvalue weighted by Crippen LogP contribution is 2.41. The topological polar surface area (TPSA) is 189 Å². The lowest BCUT2D eigenvalue weighted by Gasteiger charge is -2.49. The fourth-order valence-electron chi connectivity index (χ4n) is 3.68. The molecule has 5 heterocycles. The number of carboxylic acids is 1. The third kappa shape index (κ3) is 4.94. The Bertz CT molecular complexity index is 1420. The summed E-state index contributed by atoms with van der Waals surface area (Å²) in [5, 5.41) is 26.9. The second-order valence-electron chi connectivity index (χ2n) is 7.54. The number of rotatable bonds is 9. The van der Waals surface area contributed by atoms with Crippen LogP contribution in [-0.2, 0) is 19.2 Å². The van der Waals surface area contributed by atoms with Crippen LogP contribution in [0.25, 0.3) is 10.7 Å². The van der Waals surface area contributed by atoms with Gasteiger partial charge in [-0.2, -0.15) is 0 Å². The average molecular weight is 579 g/mol. The van der Waals surface area contributed by atoms with E-state index >= 15 is 0 Å². The van der Waals surface area contributed by atoms with Crippen LogP contribution in [-0.4, -0.2) is 83.7 Å². The molecule has 0 saturated carbocycles. The predicted octanol–water partition coefficient (Wildman–Crippen LogP) is 1.45. The minimum Gasteiger partial charge on any atom is -0.477 e. The van der Waals surface area contributed by atoms with Gasteiger partial charge in [-0.05, 0) is 17.0 Å². The van der Waals surface area contributed by atoms with Gasteiger partial charge in [0.25, 0.3) is 11.8 Å². The Morgan fingerprint density at radius 2 is 2.24 bits per heavy atom. The zero-order valence-electron chi connectivity index (χ0n) is 18.9. The van der Waals surface area contributed by atoms with E-state index in [4.69, 9.17) is 10.6 Å². The highest BCUT2D eigenvalue weighted by atomic mass is 32.2. The summed E-state index contributed by atoms with van der Waals surface area (Å²) in [5.74, 6) is -1.14. The lowest BCUT2D eigenvalue weighted by atomic mass is 10.0. The number of H-pyrrole nitrogens is 1. The van der Waals surface area contributed by atoms with Crippen molar-refractivity contribution in [2.45, 2.75) is 16.6 Å². The molecule has 2 aliphatic rings. The number of thioether (sulfide) groups is 2. The van der Waals surface area contributed by atoms with Crippen LogP contribution in [0.4, 0.5) is 5.13 Å². The summed E-state index contributed by atoms with van der Waals surface area (Å²) in [6.45, 7) is 0. The van der Waals surface area contributed by atoms with Crippen LogP contribution in [0.5, 0.6) is 0 Å². The summed E-state index contributed by atoms with van der Waals surface area (Å²) < 4.78 is 0. The normalized spacial score (nSPS) is 19.4. The van der Waals surface area contributed by atoms with Gasteiger partial charge in [0.05, 0.1) is 4.88 Å². The molecule has 5 N–H and O–H groups in total. The lowest BCUT2D eigenvalue weighted by molar-refractivity contribution is -0.150. The second kappa shape index (κ2) is 10.5. The Hall–Kier alpha value is -3.41. The molecule has 2 aliphatic heterocycles. The Morgan fingerprint density at radius 1 is 1.41 bits per heavy atom. The van der Waals surface area contributed by atoms with Gasteiger partial charge in [-0.15, -0.1) is 39.5 Å². The fraction of sp³-hybridized carbons (Fsp3) is 0.250. The minimum atomic E-state index is -1.21. The van der Waals surface area contributed by atoms with Crippen molar-refractivity contribution in [1.82, 2.24) is 30.4 Å². The van der Waals surface area contributed by atoms with Gasteiger partial charge in [0, 0.05) is 16.9 Å². The number of nitrogen functional groups attached to an aromatic ring is 1. The van der Waals surface area contributed by atoms with Gasteiger partial charge in [0.15, 0.2) is 16.7 Å². The molecule has 17 heteroatoms. The van der Waals surface area contributed by atoms with Crippen molar-refractivity contribution < 1.29 is 24.3 Å². The largest absolute Gasteiger partial charge is 0.477 e. The number of hydrogen-bond acceptors (Lipinski definition) is 13. The van der Waals surface area contributed by atoms with Crippen LogP contribution in [0.2, 0.25) is 0 Å². The van der Waals surface area contributed by atoms with Crippen molar-refractivity contribution >= 4 is 74.8 Å². The van der Waals surface area contributed by atoms with Gasteiger partial charge in [-0.1, -0.05) is 23.0 Å². The van der Waals surface area contributed by atoms with Crippen molar-refractivity contribution in [1.29, 1.82) is 0 Å². The number of amides is 2. The fourth-order valence-corrected chi connectivity index (χ4v) is 7.18. The van der Waals surface area contributed by atoms with E-state index in [0.717, 1.165) is 16.2 Å². The van der Waals surface area contributed by atoms with Crippen LogP contribution in [0.1, 0.15) is 5.69 Å². The number of hydrogen-bond donors (Lipinski definition) is 4. The molecule has 2 atom stereocenters. The van der Waals surface area contributed by atoms with Crippen LogP contribution in [0, 0.1) is 0 Å². The number of carboxylic acid groups (broad SMARTS) is 1. The molecule has 1 fully saturated rings. The number of anilines is 1. The number of nitrogens with zero attached hydrogens (tertiary/aromatic N) is 5. The van der Waals surface area contributed by atoms with Crippen LogP contribution in [0.15, 0.2) is 44.5 Å². The molecule has 3 aromatic heterocycles. The first kappa shape index (κ1) is 25.2. The van der Waals surface area contributed by atoms with Crippen molar-refractivity contribution in [3.05, 3.63) is 39.9 Å². The average Bonchev–Trinajstić information content (AvgIpc) is 3.65. The summed E-state index contributed by atoms with van der Waals surface area (Å²) in [6, 6.07) is 2.90. The number of oxime groups is 1. The number of aromatic amines is 1. The molecule has 37 heavy (non-hydrogen) atoms. The number of carbonyl (C=O) groups is 3. The maximum absolute atomic E-state index is 13.0. The Morgan fingerprint density at radius 3 is 2.92 bits per heavy atom. The first-order chi connectivity index (χ1) is 17.9. The minimum absolute atomic E-state index is 0.0844. The van der Waals surface area contributed by atoms with Crippen molar-refractivity contribution in [3.63, 3.8) is 0 Å². The summed E-state index contributed by atoms with van der Waals surface area (Å²) in [7, 11) is 1.28. The van der Waals surface area contributed by atoms with Crippen molar-refractivity contribution in [2.24, 2.45) is 5.16 Å². The number of nitrogens with one attached hydrogen (secondary N) is 2. The molecule has 1 unspecified atom stereocenters. The summed E-state index contributed by atoms with van der Waals surface area (Å²) in [4.78, 5) is 53.4. The van der Waals surface area contributed by atoms with Gasteiger partial charge in [0.1, 0.15) is 29.9 Å². The van der Waals surface area contributed by atoms with Crippen molar-refractivity contribution in [3.8, 4) is 10.7 Å². The molecule has 0 aromatic carbocycles. The van der Waals surface area contributed by atoms with E-state index in [-0.39, 0.29) is 22.2 Å². The van der Waals surface area contributed by atoms with Crippen LogP contribution >= 0.6 is 46.2 Å². The highest BCUT2D eigenvalue weighted by Gasteiger charge is 2.54. The number of aromatic nitrogens is 4. The number of thiophene rings is 1. The van der Waals surface area contributed by atoms with Crippen molar-refractivity contribution in [2.75, 3.05) is 24.3 Å². The van der Waals surface area contributed by atoms with Crippen LogP contribution < -0.4 is 11.1 Å². The van der Waals surface area contributed by atoms with E-state index < -0.39 is 29.2 Å². The molecule has 0 spiro atoms. The van der Waals surface area contributed by atoms with Gasteiger partial charge >= 0.3 is 5.97 Å².